The number of methoxy groups -OCH3 is 1. The zero-order chi connectivity index (χ0) is 14.5. The fraction of sp³-hybridized carbons (Fsp3) is 0.0625. The van der Waals surface area contributed by atoms with Crippen LogP contribution in [0.2, 0.25) is 0 Å². The van der Waals surface area contributed by atoms with Crippen molar-refractivity contribution in [1.29, 1.82) is 0 Å². The number of ketones is 1. The number of ether oxygens (including phenoxy) is 1. The van der Waals surface area contributed by atoms with Gasteiger partial charge in [0, 0.05) is 15.6 Å². The molecule has 4 heteroatoms. The highest BCUT2D eigenvalue weighted by Crippen LogP contribution is 2.23. The minimum atomic E-state index is -0.132. The molecule has 0 bridgehead atoms. The number of allylic oxidation sites excluding steroid dienone is 1. The van der Waals surface area contributed by atoms with Crippen LogP contribution in [0, 0.1) is 0 Å². The van der Waals surface area contributed by atoms with E-state index in [0.717, 1.165) is 4.47 Å². The Kier molecular flexibility index (Phi) is 4.58. The maximum atomic E-state index is 12.0. The number of phenolic OH excluding ortho intramolecular Hbond substituents is 1. The predicted molar refractivity (Wildman–Crippen MR) is 82.2 cm³/mol. The van der Waals surface area contributed by atoms with Crippen LogP contribution in [0.3, 0.4) is 0 Å². The van der Waals surface area contributed by atoms with Gasteiger partial charge in [0.25, 0.3) is 0 Å². The zero-order valence-electron chi connectivity index (χ0n) is 10.8. The Morgan fingerprint density at radius 2 is 1.90 bits per heavy atom. The smallest absolute Gasteiger partial charge is 0.185 e. The standard InChI is InChI=1S/C16H13BrO3/c1-20-14-6-2-11(3-7-14)15(18)8-4-12-10-13(17)5-9-16(12)19/h2-10,19H,1H3/b8-4+. The second-order valence-electron chi connectivity index (χ2n) is 4.13. The van der Waals surface area contributed by atoms with Crippen molar-refractivity contribution in [3.05, 3.63) is 64.1 Å². The molecule has 2 rings (SSSR count). The lowest BCUT2D eigenvalue weighted by atomic mass is 10.1. The second kappa shape index (κ2) is 6.39. The summed E-state index contributed by atoms with van der Waals surface area (Å²) in [4.78, 5) is 12.0. The van der Waals surface area contributed by atoms with E-state index in [1.54, 1.807) is 55.7 Å². The van der Waals surface area contributed by atoms with E-state index in [1.165, 1.54) is 6.08 Å². The molecule has 2 aromatic rings. The van der Waals surface area contributed by atoms with Gasteiger partial charge in [-0.05, 0) is 54.6 Å². The Bertz CT molecular complexity index is 645. The van der Waals surface area contributed by atoms with E-state index >= 15 is 0 Å². The highest BCUT2D eigenvalue weighted by Gasteiger charge is 2.03. The molecule has 20 heavy (non-hydrogen) atoms. The van der Waals surface area contributed by atoms with Crippen molar-refractivity contribution in [3.63, 3.8) is 0 Å². The van der Waals surface area contributed by atoms with Gasteiger partial charge in [0.15, 0.2) is 5.78 Å². The van der Waals surface area contributed by atoms with E-state index < -0.39 is 0 Å². The van der Waals surface area contributed by atoms with Gasteiger partial charge in [-0.2, -0.15) is 0 Å². The molecule has 0 fully saturated rings. The molecule has 0 atom stereocenters. The molecule has 0 radical (unpaired) electrons. The molecule has 0 saturated heterocycles. The highest BCUT2D eigenvalue weighted by molar-refractivity contribution is 9.10. The SMILES string of the molecule is COc1ccc(C(=O)/C=C/c2cc(Br)ccc2O)cc1. The van der Waals surface area contributed by atoms with E-state index in [-0.39, 0.29) is 11.5 Å². The van der Waals surface area contributed by atoms with Crippen LogP contribution in [-0.2, 0) is 0 Å². The molecule has 0 unspecified atom stereocenters. The minimum Gasteiger partial charge on any atom is -0.507 e. The fourth-order valence-corrected chi connectivity index (χ4v) is 2.05. The first-order chi connectivity index (χ1) is 9.60. The summed E-state index contributed by atoms with van der Waals surface area (Å²) in [7, 11) is 1.58. The first kappa shape index (κ1) is 14.3. The van der Waals surface area contributed by atoms with Gasteiger partial charge in [-0.15, -0.1) is 0 Å². The van der Waals surface area contributed by atoms with Crippen molar-refractivity contribution in [2.75, 3.05) is 7.11 Å². The summed E-state index contributed by atoms with van der Waals surface area (Å²) in [6.45, 7) is 0. The largest absolute Gasteiger partial charge is 0.507 e. The van der Waals surface area contributed by atoms with Crippen LogP contribution >= 0.6 is 15.9 Å². The fourth-order valence-electron chi connectivity index (χ4n) is 1.68. The maximum absolute atomic E-state index is 12.0. The van der Waals surface area contributed by atoms with Crippen LogP contribution in [0.25, 0.3) is 6.08 Å². The number of carbonyl (C=O) groups excluding carboxylic acids is 1. The molecule has 0 saturated carbocycles. The van der Waals surface area contributed by atoms with E-state index in [2.05, 4.69) is 15.9 Å². The molecule has 3 nitrogen and oxygen atoms in total. The summed E-state index contributed by atoms with van der Waals surface area (Å²) in [6, 6.07) is 11.9. The third-order valence-electron chi connectivity index (χ3n) is 2.78. The Hall–Kier alpha value is -2.07. The van der Waals surface area contributed by atoms with Crippen LogP contribution in [0.4, 0.5) is 0 Å². The molecule has 0 aliphatic carbocycles. The Balaban J connectivity index is 2.17. The molecule has 0 amide bonds. The van der Waals surface area contributed by atoms with Crippen LogP contribution in [-0.4, -0.2) is 18.0 Å². The average molecular weight is 333 g/mol. The summed E-state index contributed by atoms with van der Waals surface area (Å²) >= 11 is 3.32. The number of benzene rings is 2. The summed E-state index contributed by atoms with van der Waals surface area (Å²) in [5.74, 6) is 0.703. The maximum Gasteiger partial charge on any atom is 0.185 e. The number of rotatable bonds is 4. The number of hydrogen-bond donors (Lipinski definition) is 1. The first-order valence-electron chi connectivity index (χ1n) is 5.95. The van der Waals surface area contributed by atoms with E-state index in [0.29, 0.717) is 16.9 Å². The summed E-state index contributed by atoms with van der Waals surface area (Å²) in [5.41, 5.74) is 1.15. The molecule has 0 aromatic heterocycles. The number of carbonyl (C=O) groups is 1. The van der Waals surface area contributed by atoms with Crippen LogP contribution in [0.5, 0.6) is 11.5 Å². The van der Waals surface area contributed by atoms with E-state index in [1.807, 2.05) is 0 Å². The summed E-state index contributed by atoms with van der Waals surface area (Å²) < 4.78 is 5.88. The topological polar surface area (TPSA) is 46.5 Å². The van der Waals surface area contributed by atoms with Crippen molar-refractivity contribution in [2.45, 2.75) is 0 Å². The Morgan fingerprint density at radius 3 is 2.55 bits per heavy atom. The van der Waals surface area contributed by atoms with Gasteiger partial charge in [0.05, 0.1) is 7.11 Å². The van der Waals surface area contributed by atoms with Crippen LogP contribution < -0.4 is 4.74 Å². The van der Waals surface area contributed by atoms with Gasteiger partial charge in [-0.25, -0.2) is 0 Å². The normalized spacial score (nSPS) is 10.7. The molecular formula is C16H13BrO3. The molecular weight excluding hydrogens is 320 g/mol. The molecule has 102 valence electrons. The lowest BCUT2D eigenvalue weighted by Crippen LogP contribution is -1.94. The van der Waals surface area contributed by atoms with Gasteiger partial charge >= 0.3 is 0 Å². The Morgan fingerprint density at radius 1 is 1.20 bits per heavy atom. The predicted octanol–water partition coefficient (Wildman–Crippen LogP) is 4.06. The van der Waals surface area contributed by atoms with Crippen molar-refractivity contribution in [2.24, 2.45) is 0 Å². The van der Waals surface area contributed by atoms with Crippen molar-refractivity contribution in [3.8, 4) is 11.5 Å². The second-order valence-corrected chi connectivity index (χ2v) is 5.04. The number of phenols is 1. The lowest BCUT2D eigenvalue weighted by molar-refractivity contribution is 0.104. The molecule has 0 aliphatic rings. The monoisotopic (exact) mass is 332 g/mol. The Labute approximate surface area is 125 Å². The molecule has 0 heterocycles. The molecule has 2 aromatic carbocycles. The highest BCUT2D eigenvalue weighted by atomic mass is 79.9. The van der Waals surface area contributed by atoms with E-state index in [4.69, 9.17) is 4.74 Å². The van der Waals surface area contributed by atoms with Gasteiger partial charge in [0.1, 0.15) is 11.5 Å². The summed E-state index contributed by atoms with van der Waals surface area (Å²) in [6.07, 6.45) is 3.02. The summed E-state index contributed by atoms with van der Waals surface area (Å²) in [5, 5.41) is 9.69. The third-order valence-corrected chi connectivity index (χ3v) is 3.27. The minimum absolute atomic E-state index is 0.131. The lowest BCUT2D eigenvalue weighted by Gasteiger charge is -2.01. The van der Waals surface area contributed by atoms with Crippen LogP contribution in [0.1, 0.15) is 15.9 Å². The van der Waals surface area contributed by atoms with Gasteiger partial charge in [0.2, 0.25) is 0 Å². The van der Waals surface area contributed by atoms with Gasteiger partial charge in [-0.1, -0.05) is 15.9 Å². The number of aromatic hydroxyl groups is 1. The van der Waals surface area contributed by atoms with Crippen LogP contribution in [0.15, 0.2) is 53.0 Å². The van der Waals surface area contributed by atoms with Crippen molar-refractivity contribution < 1.29 is 14.6 Å². The van der Waals surface area contributed by atoms with E-state index in [9.17, 15) is 9.90 Å². The zero-order valence-corrected chi connectivity index (χ0v) is 12.4. The molecule has 1 N–H and O–H groups in total. The molecule has 0 spiro atoms. The average Bonchev–Trinajstić information content (AvgIpc) is 2.48. The number of hydrogen-bond acceptors (Lipinski definition) is 3. The quantitative estimate of drug-likeness (QED) is 0.678. The van der Waals surface area contributed by atoms with Gasteiger partial charge < -0.3 is 9.84 Å². The van der Waals surface area contributed by atoms with Crippen molar-refractivity contribution in [1.82, 2.24) is 0 Å². The third kappa shape index (κ3) is 3.48. The van der Waals surface area contributed by atoms with Crippen molar-refractivity contribution >= 4 is 27.8 Å². The first-order valence-corrected chi connectivity index (χ1v) is 6.74. The van der Waals surface area contributed by atoms with Gasteiger partial charge in [-0.3, -0.25) is 4.79 Å². The number of halogens is 1. The molecule has 0 aliphatic heterocycles.